The average molecular weight is 396 g/mol. The highest BCUT2D eigenvalue weighted by Crippen LogP contribution is 2.36. The lowest BCUT2D eigenvalue weighted by atomic mass is 10.2. The lowest BCUT2D eigenvalue weighted by molar-refractivity contribution is 0.249. The molecule has 2 rings (SSSR count). The zero-order valence-electron chi connectivity index (χ0n) is 12.8. The Morgan fingerprint density at radius 1 is 1.38 bits per heavy atom. The predicted octanol–water partition coefficient (Wildman–Crippen LogP) is 3.18. The molecular formula is C16H15BrFN3O3. The predicted molar refractivity (Wildman–Crippen MR) is 91.7 cm³/mol. The summed E-state index contributed by atoms with van der Waals surface area (Å²) in [6, 6.07) is 8.72. The Labute approximate surface area is 146 Å². The van der Waals surface area contributed by atoms with Crippen LogP contribution in [0.3, 0.4) is 0 Å². The van der Waals surface area contributed by atoms with Crippen molar-refractivity contribution in [3.8, 4) is 11.5 Å². The van der Waals surface area contributed by atoms with E-state index in [0.717, 1.165) is 5.56 Å². The minimum absolute atomic E-state index is 0.256. The van der Waals surface area contributed by atoms with Crippen LogP contribution in [0.1, 0.15) is 11.1 Å². The molecule has 0 aliphatic carbocycles. The Morgan fingerprint density at radius 3 is 2.71 bits per heavy atom. The maximum absolute atomic E-state index is 12.9. The van der Waals surface area contributed by atoms with Crippen LogP contribution in [0.2, 0.25) is 0 Å². The van der Waals surface area contributed by atoms with Crippen LogP contribution in [0.4, 0.5) is 9.18 Å². The number of rotatable bonds is 6. The Morgan fingerprint density at radius 2 is 2.08 bits per heavy atom. The maximum Gasteiger partial charge on any atom is 0.332 e. The van der Waals surface area contributed by atoms with E-state index in [9.17, 15) is 9.18 Å². The quantitative estimate of drug-likeness (QED) is 0.581. The summed E-state index contributed by atoms with van der Waals surface area (Å²) in [5.74, 6) is 0.680. The van der Waals surface area contributed by atoms with E-state index in [4.69, 9.17) is 15.2 Å². The fourth-order valence-corrected chi connectivity index (χ4v) is 2.44. The van der Waals surface area contributed by atoms with Crippen LogP contribution in [0.5, 0.6) is 11.5 Å². The zero-order valence-corrected chi connectivity index (χ0v) is 14.3. The molecule has 2 aromatic rings. The summed E-state index contributed by atoms with van der Waals surface area (Å²) in [5.41, 5.74) is 8.53. The van der Waals surface area contributed by atoms with E-state index < -0.39 is 6.03 Å². The first-order valence-electron chi connectivity index (χ1n) is 6.83. The van der Waals surface area contributed by atoms with E-state index in [2.05, 4.69) is 26.5 Å². The van der Waals surface area contributed by atoms with Crippen LogP contribution in [0, 0.1) is 5.82 Å². The molecule has 0 bridgehead atoms. The van der Waals surface area contributed by atoms with Crippen molar-refractivity contribution in [2.45, 2.75) is 6.61 Å². The average Bonchev–Trinajstić information content (AvgIpc) is 2.54. The van der Waals surface area contributed by atoms with Gasteiger partial charge in [-0.25, -0.2) is 14.6 Å². The lowest BCUT2D eigenvalue weighted by Gasteiger charge is -2.13. The highest BCUT2D eigenvalue weighted by molar-refractivity contribution is 9.10. The second-order valence-corrected chi connectivity index (χ2v) is 5.54. The van der Waals surface area contributed by atoms with Gasteiger partial charge in [-0.1, -0.05) is 12.1 Å². The second-order valence-electron chi connectivity index (χ2n) is 4.68. The van der Waals surface area contributed by atoms with Crippen LogP contribution in [-0.4, -0.2) is 19.4 Å². The molecule has 0 atom stereocenters. The standard InChI is InChI=1S/C16H15BrFN3O3/c1-23-14-7-11(8-20-21-16(19)22)6-13(17)15(14)24-9-10-2-4-12(18)5-3-10/h2-8H,9H2,1H3,(H3,19,21,22)/b20-8+. The molecule has 0 aliphatic heterocycles. The molecule has 0 unspecified atom stereocenters. The Balaban J connectivity index is 2.15. The van der Waals surface area contributed by atoms with Crippen molar-refractivity contribution in [2.75, 3.05) is 7.11 Å². The van der Waals surface area contributed by atoms with Gasteiger partial charge in [0.05, 0.1) is 17.8 Å². The van der Waals surface area contributed by atoms with Gasteiger partial charge in [0.1, 0.15) is 12.4 Å². The third-order valence-corrected chi connectivity index (χ3v) is 3.53. The number of ether oxygens (including phenoxy) is 2. The van der Waals surface area contributed by atoms with Crippen molar-refractivity contribution in [3.63, 3.8) is 0 Å². The first-order chi connectivity index (χ1) is 11.5. The van der Waals surface area contributed by atoms with E-state index in [1.165, 1.54) is 25.5 Å². The summed E-state index contributed by atoms with van der Waals surface area (Å²) in [4.78, 5) is 10.6. The molecule has 8 heteroatoms. The van der Waals surface area contributed by atoms with Crippen LogP contribution in [0.15, 0.2) is 46.0 Å². The molecule has 2 aromatic carbocycles. The summed E-state index contributed by atoms with van der Waals surface area (Å²) in [6.07, 6.45) is 1.42. The van der Waals surface area contributed by atoms with Crippen molar-refractivity contribution >= 4 is 28.2 Å². The van der Waals surface area contributed by atoms with Crippen LogP contribution < -0.4 is 20.6 Å². The largest absolute Gasteiger partial charge is 0.493 e. The summed E-state index contributed by atoms with van der Waals surface area (Å²) >= 11 is 3.41. The number of nitrogens with zero attached hydrogens (tertiary/aromatic N) is 1. The number of amides is 2. The van der Waals surface area contributed by atoms with Crippen molar-refractivity contribution in [3.05, 3.63) is 57.8 Å². The van der Waals surface area contributed by atoms with E-state index >= 15 is 0 Å². The van der Waals surface area contributed by atoms with Crippen molar-refractivity contribution < 1.29 is 18.7 Å². The molecule has 0 fully saturated rings. The normalized spacial score (nSPS) is 10.6. The summed E-state index contributed by atoms with van der Waals surface area (Å²) in [5, 5.41) is 3.69. The number of nitrogens with two attached hydrogens (primary N) is 1. The SMILES string of the molecule is COc1cc(/C=N/NC(N)=O)cc(Br)c1OCc1ccc(F)cc1. The topological polar surface area (TPSA) is 85.9 Å². The number of urea groups is 1. The van der Waals surface area contributed by atoms with Gasteiger partial charge in [-0.2, -0.15) is 5.10 Å². The molecular weight excluding hydrogens is 381 g/mol. The molecule has 0 aromatic heterocycles. The number of methoxy groups -OCH3 is 1. The second kappa shape index (κ2) is 8.30. The Kier molecular flexibility index (Phi) is 6.14. The molecule has 0 heterocycles. The highest BCUT2D eigenvalue weighted by Gasteiger charge is 2.11. The molecule has 0 radical (unpaired) electrons. The van der Waals surface area contributed by atoms with Gasteiger partial charge in [-0.3, -0.25) is 0 Å². The Hall–Kier alpha value is -2.61. The summed E-state index contributed by atoms with van der Waals surface area (Å²) < 4.78 is 24.6. The van der Waals surface area contributed by atoms with Gasteiger partial charge in [0.2, 0.25) is 0 Å². The van der Waals surface area contributed by atoms with E-state index in [1.54, 1.807) is 24.3 Å². The molecule has 24 heavy (non-hydrogen) atoms. The molecule has 126 valence electrons. The first kappa shape index (κ1) is 17.7. The van der Waals surface area contributed by atoms with Crippen molar-refractivity contribution in [1.29, 1.82) is 0 Å². The number of primary amides is 1. The van der Waals surface area contributed by atoms with Crippen molar-refractivity contribution in [1.82, 2.24) is 5.43 Å². The minimum atomic E-state index is -0.753. The summed E-state index contributed by atoms with van der Waals surface area (Å²) in [6.45, 7) is 0.256. The minimum Gasteiger partial charge on any atom is -0.493 e. The van der Waals surface area contributed by atoms with Gasteiger partial charge in [0.25, 0.3) is 0 Å². The zero-order chi connectivity index (χ0) is 17.5. The number of hydrazone groups is 1. The molecule has 0 spiro atoms. The van der Waals surface area contributed by atoms with Crippen LogP contribution in [-0.2, 0) is 6.61 Å². The molecule has 2 amide bonds. The number of carbonyl (C=O) groups excluding carboxylic acids is 1. The summed E-state index contributed by atoms with van der Waals surface area (Å²) in [7, 11) is 1.51. The number of halogens is 2. The fraction of sp³-hybridized carbons (Fsp3) is 0.125. The smallest absolute Gasteiger partial charge is 0.332 e. The lowest BCUT2D eigenvalue weighted by Crippen LogP contribution is -2.24. The molecule has 0 saturated carbocycles. The van der Waals surface area contributed by atoms with Gasteiger partial charge < -0.3 is 15.2 Å². The number of carbonyl (C=O) groups is 1. The Bertz CT molecular complexity index is 751. The highest BCUT2D eigenvalue weighted by atomic mass is 79.9. The van der Waals surface area contributed by atoms with Crippen molar-refractivity contribution in [2.24, 2.45) is 10.8 Å². The number of hydrogen-bond donors (Lipinski definition) is 2. The van der Waals surface area contributed by atoms with E-state index in [1.807, 2.05) is 0 Å². The fourth-order valence-electron chi connectivity index (χ4n) is 1.86. The number of nitrogens with one attached hydrogen (secondary N) is 1. The van der Waals surface area contributed by atoms with E-state index in [0.29, 0.717) is 21.5 Å². The molecule has 0 aliphatic rings. The molecule has 3 N–H and O–H groups in total. The van der Waals surface area contributed by atoms with Gasteiger partial charge >= 0.3 is 6.03 Å². The number of hydrogen-bond acceptors (Lipinski definition) is 4. The monoisotopic (exact) mass is 395 g/mol. The van der Waals surface area contributed by atoms with Gasteiger partial charge in [0.15, 0.2) is 11.5 Å². The van der Waals surface area contributed by atoms with Gasteiger partial charge in [-0.15, -0.1) is 0 Å². The van der Waals surface area contributed by atoms with Crippen LogP contribution in [0.25, 0.3) is 0 Å². The third-order valence-electron chi connectivity index (χ3n) is 2.94. The molecule has 6 nitrogen and oxygen atoms in total. The van der Waals surface area contributed by atoms with E-state index in [-0.39, 0.29) is 12.4 Å². The third kappa shape index (κ3) is 4.95. The van der Waals surface area contributed by atoms with Gasteiger partial charge in [-0.05, 0) is 51.3 Å². The van der Waals surface area contributed by atoms with Gasteiger partial charge in [0, 0.05) is 0 Å². The number of benzene rings is 2. The molecule has 0 saturated heterocycles. The first-order valence-corrected chi connectivity index (χ1v) is 7.62. The maximum atomic E-state index is 12.9. The van der Waals surface area contributed by atoms with Crippen LogP contribution >= 0.6 is 15.9 Å².